The molecule has 0 saturated heterocycles. The molecule has 98 valence electrons. The molecule has 0 aromatic rings. The van der Waals surface area contributed by atoms with E-state index in [0.29, 0.717) is 0 Å². The molecule has 0 aromatic heterocycles. The van der Waals surface area contributed by atoms with Gasteiger partial charge in [-0.15, -0.1) is 0 Å². The standard InChI is InChI=1S/C14H28FI/c1-2-3-4-7-10-14(13-16)11-8-5-6-9-12-15/h14H,2-13H2,1H3. The Labute approximate surface area is 115 Å². The van der Waals surface area contributed by atoms with Gasteiger partial charge in [-0.1, -0.05) is 74.5 Å². The number of halogens is 2. The van der Waals surface area contributed by atoms with Crippen LogP contribution in [0, 0.1) is 5.92 Å². The Bertz CT molecular complexity index is 128. The minimum Gasteiger partial charge on any atom is -0.251 e. The third kappa shape index (κ3) is 11.2. The predicted molar refractivity (Wildman–Crippen MR) is 80.2 cm³/mol. The third-order valence-corrected chi connectivity index (χ3v) is 4.43. The quantitative estimate of drug-likeness (QED) is 0.234. The molecule has 0 aliphatic heterocycles. The molecule has 0 rings (SSSR count). The summed E-state index contributed by atoms with van der Waals surface area (Å²) in [6, 6.07) is 0. The van der Waals surface area contributed by atoms with Crippen molar-refractivity contribution in [2.24, 2.45) is 5.92 Å². The van der Waals surface area contributed by atoms with E-state index in [4.69, 9.17) is 0 Å². The molecule has 0 aliphatic rings. The van der Waals surface area contributed by atoms with Gasteiger partial charge in [-0.05, 0) is 25.2 Å². The van der Waals surface area contributed by atoms with Gasteiger partial charge < -0.3 is 0 Å². The molecule has 16 heavy (non-hydrogen) atoms. The van der Waals surface area contributed by atoms with Crippen molar-refractivity contribution in [2.75, 3.05) is 11.1 Å². The summed E-state index contributed by atoms with van der Waals surface area (Å²) in [6.07, 6.45) is 12.7. The Hall–Kier alpha value is 0.660. The molecular formula is C14H28FI. The van der Waals surface area contributed by atoms with Crippen LogP contribution in [0.1, 0.15) is 71.1 Å². The Morgan fingerprint density at radius 1 is 0.875 bits per heavy atom. The van der Waals surface area contributed by atoms with Gasteiger partial charge in [0.2, 0.25) is 0 Å². The van der Waals surface area contributed by atoms with Crippen molar-refractivity contribution in [1.82, 2.24) is 0 Å². The number of alkyl halides is 2. The molecule has 0 heterocycles. The van der Waals surface area contributed by atoms with Gasteiger partial charge in [-0.3, -0.25) is 4.39 Å². The van der Waals surface area contributed by atoms with Gasteiger partial charge >= 0.3 is 0 Å². The zero-order chi connectivity index (χ0) is 12.1. The molecule has 0 amide bonds. The van der Waals surface area contributed by atoms with Crippen molar-refractivity contribution in [3.63, 3.8) is 0 Å². The zero-order valence-electron chi connectivity index (χ0n) is 10.8. The Morgan fingerprint density at radius 2 is 1.44 bits per heavy atom. The van der Waals surface area contributed by atoms with E-state index in [1.54, 1.807) is 0 Å². The van der Waals surface area contributed by atoms with Gasteiger partial charge in [0.25, 0.3) is 0 Å². The van der Waals surface area contributed by atoms with Crippen LogP contribution in [0.3, 0.4) is 0 Å². The van der Waals surface area contributed by atoms with E-state index >= 15 is 0 Å². The molecule has 1 atom stereocenters. The monoisotopic (exact) mass is 342 g/mol. The molecule has 0 spiro atoms. The summed E-state index contributed by atoms with van der Waals surface area (Å²) < 4.78 is 13.2. The highest BCUT2D eigenvalue weighted by Gasteiger charge is 2.06. The van der Waals surface area contributed by atoms with Crippen LogP contribution in [0.4, 0.5) is 4.39 Å². The van der Waals surface area contributed by atoms with Gasteiger partial charge in [0.15, 0.2) is 0 Å². The highest BCUT2D eigenvalue weighted by atomic mass is 127. The van der Waals surface area contributed by atoms with Gasteiger partial charge in [0.05, 0.1) is 6.67 Å². The van der Waals surface area contributed by atoms with Crippen molar-refractivity contribution in [3.05, 3.63) is 0 Å². The van der Waals surface area contributed by atoms with Crippen LogP contribution in [-0.2, 0) is 0 Å². The minimum atomic E-state index is -0.132. The van der Waals surface area contributed by atoms with Crippen LogP contribution in [0.2, 0.25) is 0 Å². The van der Waals surface area contributed by atoms with E-state index in [1.165, 1.54) is 55.8 Å². The van der Waals surface area contributed by atoms with Gasteiger partial charge in [-0.2, -0.15) is 0 Å². The van der Waals surface area contributed by atoms with E-state index in [1.807, 2.05) is 0 Å². The largest absolute Gasteiger partial charge is 0.251 e. The number of hydrogen-bond donors (Lipinski definition) is 0. The number of rotatable bonds is 12. The topological polar surface area (TPSA) is 0 Å². The van der Waals surface area contributed by atoms with Gasteiger partial charge in [-0.25, -0.2) is 0 Å². The van der Waals surface area contributed by atoms with Crippen LogP contribution >= 0.6 is 22.6 Å². The fourth-order valence-corrected chi connectivity index (χ4v) is 2.92. The summed E-state index contributed by atoms with van der Waals surface area (Å²) in [5.41, 5.74) is 0. The van der Waals surface area contributed by atoms with Crippen molar-refractivity contribution in [3.8, 4) is 0 Å². The Balaban J connectivity index is 3.29. The van der Waals surface area contributed by atoms with E-state index in [2.05, 4.69) is 29.5 Å². The lowest BCUT2D eigenvalue weighted by atomic mass is 9.96. The predicted octanol–water partition coefficient (Wildman–Crippen LogP) is 5.93. The molecule has 0 saturated carbocycles. The van der Waals surface area contributed by atoms with Gasteiger partial charge in [0.1, 0.15) is 0 Å². The summed E-state index contributed by atoms with van der Waals surface area (Å²) in [7, 11) is 0. The second kappa shape index (κ2) is 13.7. The number of hydrogen-bond acceptors (Lipinski definition) is 0. The summed E-state index contributed by atoms with van der Waals surface area (Å²) in [4.78, 5) is 0. The fraction of sp³-hybridized carbons (Fsp3) is 1.00. The van der Waals surface area contributed by atoms with Crippen LogP contribution in [0.15, 0.2) is 0 Å². The second-order valence-corrected chi connectivity index (χ2v) is 5.64. The molecule has 0 aromatic carbocycles. The highest BCUT2D eigenvalue weighted by Crippen LogP contribution is 2.20. The van der Waals surface area contributed by atoms with Gasteiger partial charge in [0, 0.05) is 4.43 Å². The summed E-state index contributed by atoms with van der Waals surface area (Å²) >= 11 is 2.52. The van der Waals surface area contributed by atoms with Crippen molar-refractivity contribution < 1.29 is 4.39 Å². The Kier molecular flexibility index (Phi) is 14.3. The summed E-state index contributed by atoms with van der Waals surface area (Å²) in [6.45, 7) is 2.13. The second-order valence-electron chi connectivity index (χ2n) is 4.76. The lowest BCUT2D eigenvalue weighted by molar-refractivity contribution is 0.424. The molecule has 0 N–H and O–H groups in total. The molecular weight excluding hydrogens is 314 g/mol. The normalized spacial score (nSPS) is 12.9. The SMILES string of the molecule is CCCCCCC(CI)CCCCCCF. The lowest BCUT2D eigenvalue weighted by Crippen LogP contribution is -2.02. The van der Waals surface area contributed by atoms with E-state index in [9.17, 15) is 4.39 Å². The average Bonchev–Trinajstić information content (AvgIpc) is 2.31. The maximum absolute atomic E-state index is 11.9. The molecule has 1 unspecified atom stereocenters. The first-order valence-corrected chi connectivity index (χ1v) is 8.49. The summed E-state index contributed by atoms with van der Waals surface area (Å²) in [5, 5.41) is 0. The molecule has 0 aliphatic carbocycles. The molecule has 0 bridgehead atoms. The fourth-order valence-electron chi connectivity index (χ4n) is 2.04. The van der Waals surface area contributed by atoms with Crippen molar-refractivity contribution in [1.29, 1.82) is 0 Å². The molecule has 0 fully saturated rings. The van der Waals surface area contributed by atoms with E-state index in [0.717, 1.165) is 18.8 Å². The third-order valence-electron chi connectivity index (χ3n) is 3.18. The van der Waals surface area contributed by atoms with E-state index in [-0.39, 0.29) is 6.67 Å². The molecule has 0 radical (unpaired) electrons. The maximum atomic E-state index is 11.9. The first-order chi connectivity index (χ1) is 7.85. The van der Waals surface area contributed by atoms with Crippen molar-refractivity contribution in [2.45, 2.75) is 71.1 Å². The zero-order valence-corrected chi connectivity index (χ0v) is 13.0. The average molecular weight is 342 g/mol. The minimum absolute atomic E-state index is 0.132. The van der Waals surface area contributed by atoms with E-state index < -0.39 is 0 Å². The first kappa shape index (κ1) is 16.7. The highest BCUT2D eigenvalue weighted by molar-refractivity contribution is 14.1. The molecule has 2 heteroatoms. The van der Waals surface area contributed by atoms with Crippen molar-refractivity contribution >= 4 is 22.6 Å². The van der Waals surface area contributed by atoms with Crippen LogP contribution in [-0.4, -0.2) is 11.1 Å². The smallest absolute Gasteiger partial charge is 0.0894 e. The number of unbranched alkanes of at least 4 members (excludes halogenated alkanes) is 6. The maximum Gasteiger partial charge on any atom is 0.0894 e. The summed E-state index contributed by atoms with van der Waals surface area (Å²) in [5.74, 6) is 0.919. The van der Waals surface area contributed by atoms with Crippen LogP contribution < -0.4 is 0 Å². The first-order valence-electron chi connectivity index (χ1n) is 6.97. The van der Waals surface area contributed by atoms with Crippen LogP contribution in [0.5, 0.6) is 0 Å². The Morgan fingerprint density at radius 3 is 1.94 bits per heavy atom. The van der Waals surface area contributed by atoms with Crippen LogP contribution in [0.25, 0.3) is 0 Å². The molecule has 0 nitrogen and oxygen atoms in total. The lowest BCUT2D eigenvalue weighted by Gasteiger charge is -2.13.